The molecule has 3 aromatic rings. The molecule has 3 heteroatoms. The average Bonchev–Trinajstić information content (AvgIpc) is 2.56. The van der Waals surface area contributed by atoms with Crippen molar-refractivity contribution in [1.82, 2.24) is 4.57 Å². The van der Waals surface area contributed by atoms with Crippen LogP contribution in [0.4, 0.5) is 0 Å². The van der Waals surface area contributed by atoms with E-state index < -0.39 is 0 Å². The van der Waals surface area contributed by atoms with Crippen molar-refractivity contribution in [3.8, 4) is 5.75 Å². The van der Waals surface area contributed by atoms with Crippen LogP contribution in [0.25, 0.3) is 10.8 Å². The fourth-order valence-electron chi connectivity index (χ4n) is 2.58. The van der Waals surface area contributed by atoms with E-state index in [1.807, 2.05) is 37.4 Å². The minimum atomic E-state index is -0.0797. The number of rotatable bonds is 5. The molecule has 3 nitrogen and oxygen atoms in total. The summed E-state index contributed by atoms with van der Waals surface area (Å²) < 4.78 is 7.22. The Morgan fingerprint density at radius 3 is 2.68 bits per heavy atom. The Hall–Kier alpha value is -2.55. The second kappa shape index (κ2) is 6.48. The summed E-state index contributed by atoms with van der Waals surface area (Å²) in [5.41, 5.74) is 1.05. The van der Waals surface area contributed by atoms with E-state index in [0.29, 0.717) is 18.9 Å². The zero-order valence-electron chi connectivity index (χ0n) is 12.7. The van der Waals surface area contributed by atoms with Gasteiger partial charge in [0, 0.05) is 6.20 Å². The Balaban J connectivity index is 1.97. The van der Waals surface area contributed by atoms with Crippen molar-refractivity contribution < 1.29 is 4.74 Å². The standard InChI is InChI=1S/C19H19NO2/c1-2-13-22-18-11-6-12-20(19(18)21)14-16-9-5-8-15-7-3-4-10-17(15)16/h3-12H,2,13-14H2,1H3. The number of fused-ring (bicyclic) bond motifs is 1. The topological polar surface area (TPSA) is 31.2 Å². The summed E-state index contributed by atoms with van der Waals surface area (Å²) in [5.74, 6) is 0.421. The maximum atomic E-state index is 12.5. The lowest BCUT2D eigenvalue weighted by atomic mass is 10.0. The molecule has 0 aliphatic rings. The van der Waals surface area contributed by atoms with E-state index in [-0.39, 0.29) is 5.56 Å². The monoisotopic (exact) mass is 293 g/mol. The molecule has 1 heterocycles. The van der Waals surface area contributed by atoms with Crippen LogP contribution in [0.5, 0.6) is 5.75 Å². The van der Waals surface area contributed by atoms with Crippen LogP contribution in [0, 0.1) is 0 Å². The third-order valence-corrected chi connectivity index (χ3v) is 3.67. The van der Waals surface area contributed by atoms with Crippen molar-refractivity contribution >= 4 is 10.8 Å². The van der Waals surface area contributed by atoms with Gasteiger partial charge in [-0.2, -0.15) is 0 Å². The largest absolute Gasteiger partial charge is 0.488 e. The van der Waals surface area contributed by atoms with Gasteiger partial charge in [0.05, 0.1) is 13.2 Å². The molecule has 0 amide bonds. The first-order valence-corrected chi connectivity index (χ1v) is 7.58. The van der Waals surface area contributed by atoms with Gasteiger partial charge in [0.25, 0.3) is 5.56 Å². The molecule has 1 aromatic heterocycles. The van der Waals surface area contributed by atoms with E-state index in [0.717, 1.165) is 12.0 Å². The summed E-state index contributed by atoms with van der Waals surface area (Å²) in [6.45, 7) is 3.13. The maximum absolute atomic E-state index is 12.5. The Morgan fingerprint density at radius 1 is 1.00 bits per heavy atom. The Morgan fingerprint density at radius 2 is 1.82 bits per heavy atom. The summed E-state index contributed by atoms with van der Waals surface area (Å²) in [4.78, 5) is 12.5. The van der Waals surface area contributed by atoms with E-state index in [4.69, 9.17) is 4.74 Å². The van der Waals surface area contributed by atoms with Gasteiger partial charge in [-0.15, -0.1) is 0 Å². The van der Waals surface area contributed by atoms with E-state index in [1.165, 1.54) is 10.8 Å². The Labute approximate surface area is 129 Å². The number of pyridine rings is 1. The molecular formula is C19H19NO2. The van der Waals surface area contributed by atoms with Crippen LogP contribution in [0.15, 0.2) is 65.6 Å². The first-order valence-electron chi connectivity index (χ1n) is 7.58. The molecule has 0 saturated heterocycles. The molecule has 0 fully saturated rings. The van der Waals surface area contributed by atoms with Crippen molar-refractivity contribution in [2.24, 2.45) is 0 Å². The van der Waals surface area contributed by atoms with Gasteiger partial charge >= 0.3 is 0 Å². The molecule has 3 rings (SSSR count). The molecular weight excluding hydrogens is 274 g/mol. The number of hydrogen-bond donors (Lipinski definition) is 0. The molecule has 0 N–H and O–H groups in total. The molecule has 0 radical (unpaired) electrons. The SMILES string of the molecule is CCCOc1cccn(Cc2cccc3ccccc23)c1=O. The maximum Gasteiger partial charge on any atom is 0.293 e. The number of benzene rings is 2. The first kappa shape index (κ1) is 14.4. The van der Waals surface area contributed by atoms with E-state index in [1.54, 1.807) is 10.6 Å². The normalized spacial score (nSPS) is 10.8. The summed E-state index contributed by atoms with van der Waals surface area (Å²) in [6, 6.07) is 18.0. The van der Waals surface area contributed by atoms with Crippen molar-refractivity contribution in [1.29, 1.82) is 0 Å². The lowest BCUT2D eigenvalue weighted by molar-refractivity contribution is 0.310. The molecule has 0 spiro atoms. The summed E-state index contributed by atoms with van der Waals surface area (Å²) in [6.07, 6.45) is 2.70. The fraction of sp³-hybridized carbons (Fsp3) is 0.211. The molecule has 0 atom stereocenters. The van der Waals surface area contributed by atoms with Crippen LogP contribution in [0.3, 0.4) is 0 Å². The lowest BCUT2D eigenvalue weighted by Crippen LogP contribution is -2.22. The van der Waals surface area contributed by atoms with Crippen molar-refractivity contribution in [2.75, 3.05) is 6.61 Å². The number of aromatic nitrogens is 1. The van der Waals surface area contributed by atoms with Gasteiger partial charge in [0.15, 0.2) is 5.75 Å². The van der Waals surface area contributed by atoms with E-state index in [9.17, 15) is 4.79 Å². The van der Waals surface area contributed by atoms with Crippen LogP contribution in [-0.4, -0.2) is 11.2 Å². The zero-order valence-corrected chi connectivity index (χ0v) is 12.7. The molecule has 0 aliphatic heterocycles. The van der Waals surface area contributed by atoms with Crippen LogP contribution >= 0.6 is 0 Å². The smallest absolute Gasteiger partial charge is 0.293 e. The lowest BCUT2D eigenvalue weighted by Gasteiger charge is -2.11. The van der Waals surface area contributed by atoms with Crippen LogP contribution in [-0.2, 0) is 6.54 Å². The minimum Gasteiger partial charge on any atom is -0.488 e. The highest BCUT2D eigenvalue weighted by Gasteiger charge is 2.06. The summed E-state index contributed by atoms with van der Waals surface area (Å²) in [5, 5.41) is 2.36. The second-order valence-electron chi connectivity index (χ2n) is 5.29. The highest BCUT2D eigenvalue weighted by atomic mass is 16.5. The van der Waals surface area contributed by atoms with Gasteiger partial charge in [0.2, 0.25) is 0 Å². The van der Waals surface area contributed by atoms with Gasteiger partial charge < -0.3 is 9.30 Å². The highest BCUT2D eigenvalue weighted by Crippen LogP contribution is 2.19. The van der Waals surface area contributed by atoms with Gasteiger partial charge in [-0.1, -0.05) is 49.4 Å². The van der Waals surface area contributed by atoms with Gasteiger partial charge in [0.1, 0.15) is 0 Å². The molecule has 112 valence electrons. The van der Waals surface area contributed by atoms with Gasteiger partial charge in [-0.3, -0.25) is 4.79 Å². The average molecular weight is 293 g/mol. The molecule has 0 aliphatic carbocycles. The van der Waals surface area contributed by atoms with Crippen molar-refractivity contribution in [2.45, 2.75) is 19.9 Å². The number of ether oxygens (including phenoxy) is 1. The fourth-order valence-corrected chi connectivity index (χ4v) is 2.58. The van der Waals surface area contributed by atoms with E-state index >= 15 is 0 Å². The van der Waals surface area contributed by atoms with E-state index in [2.05, 4.69) is 24.3 Å². The first-order chi connectivity index (χ1) is 10.8. The second-order valence-corrected chi connectivity index (χ2v) is 5.29. The zero-order chi connectivity index (χ0) is 15.4. The van der Waals surface area contributed by atoms with Crippen LogP contribution in [0.2, 0.25) is 0 Å². The molecule has 22 heavy (non-hydrogen) atoms. The van der Waals surface area contributed by atoms with Gasteiger partial charge in [-0.05, 0) is 34.9 Å². The minimum absolute atomic E-state index is 0.0797. The highest BCUT2D eigenvalue weighted by molar-refractivity contribution is 5.85. The molecule has 2 aromatic carbocycles. The Bertz CT molecular complexity index is 831. The predicted molar refractivity (Wildman–Crippen MR) is 89.5 cm³/mol. The summed E-state index contributed by atoms with van der Waals surface area (Å²) >= 11 is 0. The third-order valence-electron chi connectivity index (χ3n) is 3.67. The summed E-state index contributed by atoms with van der Waals surface area (Å²) in [7, 11) is 0. The number of nitrogens with zero attached hydrogens (tertiary/aromatic N) is 1. The van der Waals surface area contributed by atoms with Crippen LogP contribution in [0.1, 0.15) is 18.9 Å². The molecule has 0 bridgehead atoms. The third kappa shape index (κ3) is 2.89. The van der Waals surface area contributed by atoms with Crippen molar-refractivity contribution in [3.05, 3.63) is 76.7 Å². The molecule has 0 unspecified atom stereocenters. The quantitative estimate of drug-likeness (QED) is 0.715. The number of hydrogen-bond acceptors (Lipinski definition) is 2. The van der Waals surface area contributed by atoms with Crippen LogP contribution < -0.4 is 10.3 Å². The van der Waals surface area contributed by atoms with Crippen molar-refractivity contribution in [3.63, 3.8) is 0 Å². The van der Waals surface area contributed by atoms with Gasteiger partial charge in [-0.25, -0.2) is 0 Å². The molecule has 0 saturated carbocycles. The Kier molecular flexibility index (Phi) is 4.24. The predicted octanol–water partition coefficient (Wildman–Crippen LogP) is 3.84.